The molecule has 1 aromatic carbocycles. The predicted molar refractivity (Wildman–Crippen MR) is 82.6 cm³/mol. The van der Waals surface area contributed by atoms with E-state index >= 15 is 0 Å². The first-order chi connectivity index (χ1) is 9.94. The van der Waals surface area contributed by atoms with Gasteiger partial charge in [-0.05, 0) is 31.2 Å². The second kappa shape index (κ2) is 6.28. The van der Waals surface area contributed by atoms with Gasteiger partial charge in [0.15, 0.2) is 0 Å². The van der Waals surface area contributed by atoms with E-state index in [0.717, 1.165) is 16.9 Å². The van der Waals surface area contributed by atoms with Crippen molar-refractivity contribution in [3.63, 3.8) is 0 Å². The first kappa shape index (κ1) is 15.5. The average molecular weight is 308 g/mol. The van der Waals surface area contributed by atoms with Crippen molar-refractivity contribution in [2.75, 3.05) is 11.9 Å². The number of sulfonamides is 1. The molecule has 21 heavy (non-hydrogen) atoms. The highest BCUT2D eigenvalue weighted by Gasteiger charge is 2.11. The summed E-state index contributed by atoms with van der Waals surface area (Å²) in [7, 11) is -1.49. The van der Waals surface area contributed by atoms with Crippen LogP contribution < -0.4 is 10.0 Å². The van der Waals surface area contributed by atoms with Gasteiger partial charge in [0.1, 0.15) is 0 Å². The van der Waals surface area contributed by atoms with Gasteiger partial charge in [0, 0.05) is 37.1 Å². The van der Waals surface area contributed by atoms with Crippen molar-refractivity contribution in [2.24, 2.45) is 7.05 Å². The first-order valence-corrected chi connectivity index (χ1v) is 8.23. The number of rotatable bonds is 6. The van der Waals surface area contributed by atoms with Crippen LogP contribution in [0.2, 0.25) is 0 Å². The van der Waals surface area contributed by atoms with E-state index in [1.165, 1.54) is 0 Å². The van der Waals surface area contributed by atoms with Crippen LogP contribution in [0.4, 0.5) is 5.69 Å². The zero-order valence-electron chi connectivity index (χ0n) is 12.4. The fourth-order valence-electron chi connectivity index (χ4n) is 1.94. The average Bonchev–Trinajstić information content (AvgIpc) is 2.77. The first-order valence-electron chi connectivity index (χ1n) is 6.75. The molecule has 6 nitrogen and oxygen atoms in total. The Labute approximate surface area is 125 Å². The largest absolute Gasteiger partial charge is 0.381 e. The quantitative estimate of drug-likeness (QED) is 0.850. The summed E-state index contributed by atoms with van der Waals surface area (Å²) in [6.45, 7) is 4.79. The molecule has 114 valence electrons. The molecule has 0 aliphatic rings. The van der Waals surface area contributed by atoms with E-state index in [4.69, 9.17) is 0 Å². The summed E-state index contributed by atoms with van der Waals surface area (Å²) in [5, 5.41) is 7.44. The van der Waals surface area contributed by atoms with Gasteiger partial charge in [0.2, 0.25) is 10.0 Å². The predicted octanol–water partition coefficient (Wildman–Crippen LogP) is 1.64. The van der Waals surface area contributed by atoms with Crippen LogP contribution in [0.3, 0.4) is 0 Å². The van der Waals surface area contributed by atoms with Gasteiger partial charge >= 0.3 is 0 Å². The van der Waals surface area contributed by atoms with Gasteiger partial charge in [0.25, 0.3) is 0 Å². The number of benzene rings is 1. The molecule has 0 fully saturated rings. The topological polar surface area (TPSA) is 76.0 Å². The van der Waals surface area contributed by atoms with E-state index in [-0.39, 0.29) is 4.90 Å². The summed E-state index contributed by atoms with van der Waals surface area (Å²) in [5.41, 5.74) is 3.09. The van der Waals surface area contributed by atoms with Gasteiger partial charge in [0.05, 0.1) is 11.1 Å². The van der Waals surface area contributed by atoms with Crippen molar-refractivity contribution in [3.8, 4) is 0 Å². The van der Waals surface area contributed by atoms with Gasteiger partial charge in [-0.1, -0.05) is 6.92 Å². The van der Waals surface area contributed by atoms with E-state index in [0.29, 0.717) is 13.1 Å². The van der Waals surface area contributed by atoms with Crippen LogP contribution >= 0.6 is 0 Å². The Morgan fingerprint density at radius 3 is 2.43 bits per heavy atom. The van der Waals surface area contributed by atoms with Gasteiger partial charge in [-0.25, -0.2) is 13.1 Å². The Morgan fingerprint density at radius 2 is 1.90 bits per heavy atom. The summed E-state index contributed by atoms with van der Waals surface area (Å²) in [6, 6.07) is 6.71. The molecular formula is C14H20N4O2S. The van der Waals surface area contributed by atoms with Crippen LogP contribution in [0.15, 0.2) is 35.4 Å². The molecule has 0 aliphatic heterocycles. The summed E-state index contributed by atoms with van der Waals surface area (Å²) in [6.07, 6.45) is 1.83. The minimum Gasteiger partial charge on any atom is -0.381 e. The zero-order chi connectivity index (χ0) is 15.5. The van der Waals surface area contributed by atoms with E-state index in [1.54, 1.807) is 31.2 Å². The van der Waals surface area contributed by atoms with Crippen molar-refractivity contribution in [1.82, 2.24) is 14.5 Å². The number of aromatic nitrogens is 2. The molecule has 0 atom stereocenters. The molecule has 0 aliphatic carbocycles. The third kappa shape index (κ3) is 3.62. The zero-order valence-corrected chi connectivity index (χ0v) is 13.2. The van der Waals surface area contributed by atoms with Crippen LogP contribution in [0.5, 0.6) is 0 Å². The minimum absolute atomic E-state index is 0.271. The Balaban J connectivity index is 2.05. The number of nitrogens with zero attached hydrogens (tertiary/aromatic N) is 2. The highest BCUT2D eigenvalue weighted by Crippen LogP contribution is 2.15. The fraction of sp³-hybridized carbons (Fsp3) is 0.357. The highest BCUT2D eigenvalue weighted by molar-refractivity contribution is 7.89. The van der Waals surface area contributed by atoms with E-state index in [9.17, 15) is 8.42 Å². The Bertz CT molecular complexity index is 705. The Hall–Kier alpha value is -1.86. The molecule has 2 N–H and O–H groups in total. The molecule has 2 aromatic rings. The van der Waals surface area contributed by atoms with Crippen molar-refractivity contribution in [3.05, 3.63) is 41.7 Å². The number of hydrogen-bond acceptors (Lipinski definition) is 4. The second-order valence-electron chi connectivity index (χ2n) is 4.76. The van der Waals surface area contributed by atoms with Gasteiger partial charge in [-0.3, -0.25) is 4.68 Å². The minimum atomic E-state index is -3.39. The lowest BCUT2D eigenvalue weighted by atomic mass is 10.2. The Kier molecular flexibility index (Phi) is 4.64. The molecule has 0 amide bonds. The van der Waals surface area contributed by atoms with Crippen LogP contribution in [0.1, 0.15) is 18.2 Å². The number of hydrogen-bond donors (Lipinski definition) is 2. The summed E-state index contributed by atoms with van der Waals surface area (Å²) in [4.78, 5) is 0.271. The SMILES string of the molecule is CCNS(=O)(=O)c1ccc(NCc2cnn(C)c2C)cc1. The normalized spacial score (nSPS) is 11.6. The van der Waals surface area contributed by atoms with Gasteiger partial charge in [-0.2, -0.15) is 5.10 Å². The molecule has 7 heteroatoms. The molecule has 0 unspecified atom stereocenters. The van der Waals surface area contributed by atoms with Gasteiger partial charge < -0.3 is 5.32 Å². The molecule has 0 radical (unpaired) electrons. The molecule has 0 spiro atoms. The number of anilines is 1. The van der Waals surface area contributed by atoms with Crippen molar-refractivity contribution in [1.29, 1.82) is 0 Å². The standard InChI is InChI=1S/C14H20N4O2S/c1-4-17-21(19,20)14-7-5-13(6-8-14)15-9-12-10-16-18(3)11(12)2/h5-8,10,15,17H,4,9H2,1-3H3. The maximum absolute atomic E-state index is 11.8. The van der Waals surface area contributed by atoms with Crippen molar-refractivity contribution < 1.29 is 8.42 Å². The van der Waals surface area contributed by atoms with E-state index < -0.39 is 10.0 Å². The smallest absolute Gasteiger partial charge is 0.240 e. The number of nitrogens with one attached hydrogen (secondary N) is 2. The molecule has 0 saturated heterocycles. The molecule has 0 bridgehead atoms. The molecule has 2 rings (SSSR count). The highest BCUT2D eigenvalue weighted by atomic mass is 32.2. The monoisotopic (exact) mass is 308 g/mol. The molecule has 1 heterocycles. The summed E-state index contributed by atoms with van der Waals surface area (Å²) < 4.78 is 27.9. The van der Waals surface area contributed by atoms with Crippen molar-refractivity contribution >= 4 is 15.7 Å². The summed E-state index contributed by atoms with van der Waals surface area (Å²) in [5.74, 6) is 0. The lowest BCUT2D eigenvalue weighted by Crippen LogP contribution is -2.23. The fourth-order valence-corrected chi connectivity index (χ4v) is 2.98. The third-order valence-electron chi connectivity index (χ3n) is 3.32. The molecular weight excluding hydrogens is 288 g/mol. The lowest BCUT2D eigenvalue weighted by molar-refractivity contribution is 0.584. The van der Waals surface area contributed by atoms with E-state index in [1.807, 2.05) is 24.9 Å². The molecule has 1 aromatic heterocycles. The Morgan fingerprint density at radius 1 is 1.24 bits per heavy atom. The second-order valence-corrected chi connectivity index (χ2v) is 6.53. The number of aryl methyl sites for hydroxylation is 1. The van der Waals surface area contributed by atoms with Crippen LogP contribution in [0, 0.1) is 6.92 Å². The lowest BCUT2D eigenvalue weighted by Gasteiger charge is -2.08. The van der Waals surface area contributed by atoms with Crippen molar-refractivity contribution in [2.45, 2.75) is 25.3 Å². The maximum atomic E-state index is 11.8. The van der Waals surface area contributed by atoms with Crippen LogP contribution in [-0.4, -0.2) is 24.7 Å². The maximum Gasteiger partial charge on any atom is 0.240 e. The summed E-state index contributed by atoms with van der Waals surface area (Å²) >= 11 is 0. The third-order valence-corrected chi connectivity index (χ3v) is 4.88. The van der Waals surface area contributed by atoms with Crippen LogP contribution in [-0.2, 0) is 23.6 Å². The van der Waals surface area contributed by atoms with Crippen LogP contribution in [0.25, 0.3) is 0 Å². The molecule has 0 saturated carbocycles. The van der Waals surface area contributed by atoms with Gasteiger partial charge in [-0.15, -0.1) is 0 Å². The van der Waals surface area contributed by atoms with E-state index in [2.05, 4.69) is 15.1 Å².